The molecule has 5 atom stereocenters. The molecule has 1 aliphatic rings. The lowest BCUT2D eigenvalue weighted by atomic mass is 9.89. The Morgan fingerprint density at radius 3 is 2.48 bits per heavy atom. The Bertz CT molecular complexity index is 604. The molecule has 0 unspecified atom stereocenters. The maximum absolute atomic E-state index is 12.4. The van der Waals surface area contributed by atoms with Gasteiger partial charge in [-0.15, -0.1) is 0 Å². The second-order valence-corrected chi connectivity index (χ2v) is 9.68. The van der Waals surface area contributed by atoms with Crippen molar-refractivity contribution in [3.8, 4) is 0 Å². The van der Waals surface area contributed by atoms with Crippen LogP contribution in [0.2, 0.25) is 0 Å². The average molecular weight is 439 g/mol. The minimum atomic E-state index is -0.800. The van der Waals surface area contributed by atoms with E-state index < -0.39 is 29.7 Å². The van der Waals surface area contributed by atoms with Gasteiger partial charge in [-0.3, -0.25) is 9.59 Å². The molecular formula is C25H42O6. The van der Waals surface area contributed by atoms with E-state index in [1.165, 1.54) is 0 Å². The molecule has 0 saturated heterocycles. The van der Waals surface area contributed by atoms with E-state index in [4.69, 9.17) is 9.84 Å². The molecule has 0 radical (unpaired) electrons. The summed E-state index contributed by atoms with van der Waals surface area (Å²) in [6, 6.07) is 0. The highest BCUT2D eigenvalue weighted by atomic mass is 16.5. The Morgan fingerprint density at radius 1 is 1.16 bits per heavy atom. The molecule has 0 spiro atoms. The van der Waals surface area contributed by atoms with Crippen LogP contribution in [-0.4, -0.2) is 45.6 Å². The van der Waals surface area contributed by atoms with Gasteiger partial charge in [0.05, 0.1) is 17.6 Å². The topological polar surface area (TPSA) is 104 Å². The molecule has 1 fully saturated rings. The summed E-state index contributed by atoms with van der Waals surface area (Å²) in [6.07, 6.45) is 12.2. The van der Waals surface area contributed by atoms with E-state index in [0.717, 1.165) is 19.3 Å². The Labute approximate surface area is 187 Å². The van der Waals surface area contributed by atoms with Gasteiger partial charge >= 0.3 is 11.9 Å². The van der Waals surface area contributed by atoms with Crippen molar-refractivity contribution in [2.75, 3.05) is 0 Å². The van der Waals surface area contributed by atoms with Gasteiger partial charge in [-0.2, -0.15) is 0 Å². The largest absolute Gasteiger partial charge is 0.481 e. The first kappa shape index (κ1) is 27.4. The van der Waals surface area contributed by atoms with Gasteiger partial charge in [-0.25, -0.2) is 0 Å². The number of rotatable bonds is 13. The molecule has 0 heterocycles. The minimum absolute atomic E-state index is 0.118. The quantitative estimate of drug-likeness (QED) is 0.220. The van der Waals surface area contributed by atoms with Crippen LogP contribution in [0.3, 0.4) is 0 Å². The number of carboxylic acids is 1. The molecule has 0 amide bonds. The fourth-order valence-corrected chi connectivity index (χ4v) is 3.82. The third-order valence-electron chi connectivity index (χ3n) is 5.76. The van der Waals surface area contributed by atoms with Gasteiger partial charge in [0.2, 0.25) is 0 Å². The number of carbonyl (C=O) groups excluding carboxylic acids is 1. The summed E-state index contributed by atoms with van der Waals surface area (Å²) in [5, 5.41) is 29.7. The van der Waals surface area contributed by atoms with E-state index in [1.54, 1.807) is 26.8 Å². The fourth-order valence-electron chi connectivity index (χ4n) is 3.82. The number of carbonyl (C=O) groups is 2. The van der Waals surface area contributed by atoms with Crippen molar-refractivity contribution in [3.05, 3.63) is 24.3 Å². The summed E-state index contributed by atoms with van der Waals surface area (Å²) >= 11 is 0. The molecule has 1 saturated carbocycles. The number of hydrogen-bond donors (Lipinski definition) is 3. The number of esters is 1. The number of ether oxygens (including phenoxy) is 1. The number of carboxylic acid groups (broad SMARTS) is 1. The van der Waals surface area contributed by atoms with E-state index in [2.05, 4.69) is 6.92 Å². The molecule has 1 aliphatic carbocycles. The van der Waals surface area contributed by atoms with Crippen LogP contribution in [0.25, 0.3) is 0 Å². The first-order valence-corrected chi connectivity index (χ1v) is 11.7. The maximum Gasteiger partial charge on any atom is 0.311 e. The second kappa shape index (κ2) is 13.7. The number of aliphatic hydroxyl groups is 2. The highest BCUT2D eigenvalue weighted by molar-refractivity contribution is 5.75. The third kappa shape index (κ3) is 10.5. The SMILES string of the molecule is CCCCC[C@H](O)/C=C/[C@@H]1[C@@H](C/C=C\CCCC(=O)O)[C@@H](O)C[C@H]1OC(=O)C(C)(C)C. The van der Waals surface area contributed by atoms with Crippen molar-refractivity contribution in [2.24, 2.45) is 17.3 Å². The molecular weight excluding hydrogens is 396 g/mol. The number of aliphatic carboxylic acids is 1. The average Bonchev–Trinajstić information content (AvgIpc) is 2.96. The molecule has 0 bridgehead atoms. The van der Waals surface area contributed by atoms with Crippen molar-refractivity contribution in [1.82, 2.24) is 0 Å². The van der Waals surface area contributed by atoms with Crippen molar-refractivity contribution >= 4 is 11.9 Å². The maximum atomic E-state index is 12.4. The fraction of sp³-hybridized carbons (Fsp3) is 0.760. The number of allylic oxidation sites excluding steroid dienone is 2. The van der Waals surface area contributed by atoms with E-state index >= 15 is 0 Å². The first-order valence-electron chi connectivity index (χ1n) is 11.7. The monoisotopic (exact) mass is 438 g/mol. The third-order valence-corrected chi connectivity index (χ3v) is 5.76. The summed E-state index contributed by atoms with van der Waals surface area (Å²) in [5.41, 5.74) is -0.624. The number of hydrogen-bond acceptors (Lipinski definition) is 5. The van der Waals surface area contributed by atoms with Crippen LogP contribution in [0.1, 0.15) is 85.5 Å². The molecule has 178 valence electrons. The molecule has 6 heteroatoms. The van der Waals surface area contributed by atoms with Gasteiger partial charge in [0.25, 0.3) is 0 Å². The Hall–Kier alpha value is -1.66. The smallest absolute Gasteiger partial charge is 0.311 e. The number of aliphatic hydroxyl groups excluding tert-OH is 2. The van der Waals surface area contributed by atoms with Gasteiger partial charge in [0.15, 0.2) is 0 Å². The van der Waals surface area contributed by atoms with Crippen LogP contribution < -0.4 is 0 Å². The molecule has 6 nitrogen and oxygen atoms in total. The summed E-state index contributed by atoms with van der Waals surface area (Å²) in [6.45, 7) is 7.54. The first-order chi connectivity index (χ1) is 14.6. The second-order valence-electron chi connectivity index (χ2n) is 9.68. The molecule has 0 aromatic heterocycles. The van der Waals surface area contributed by atoms with Crippen LogP contribution >= 0.6 is 0 Å². The van der Waals surface area contributed by atoms with Gasteiger partial charge in [-0.1, -0.05) is 50.5 Å². The zero-order chi connectivity index (χ0) is 23.4. The predicted molar refractivity (Wildman–Crippen MR) is 121 cm³/mol. The van der Waals surface area contributed by atoms with Gasteiger partial charge in [0.1, 0.15) is 6.10 Å². The van der Waals surface area contributed by atoms with Crippen molar-refractivity contribution in [2.45, 2.75) is 104 Å². The predicted octanol–water partition coefficient (Wildman–Crippen LogP) is 4.64. The zero-order valence-electron chi connectivity index (χ0n) is 19.6. The lowest BCUT2D eigenvalue weighted by Gasteiger charge is -2.25. The summed E-state index contributed by atoms with van der Waals surface area (Å²) in [5.74, 6) is -1.39. The highest BCUT2D eigenvalue weighted by Gasteiger charge is 2.43. The zero-order valence-corrected chi connectivity index (χ0v) is 19.6. The molecule has 31 heavy (non-hydrogen) atoms. The molecule has 1 rings (SSSR count). The van der Waals surface area contributed by atoms with E-state index in [9.17, 15) is 19.8 Å². The summed E-state index contributed by atoms with van der Waals surface area (Å²) in [4.78, 5) is 23.0. The Balaban J connectivity index is 2.82. The molecule has 0 aromatic carbocycles. The lowest BCUT2D eigenvalue weighted by molar-refractivity contribution is -0.160. The van der Waals surface area contributed by atoms with Crippen LogP contribution in [0.15, 0.2) is 24.3 Å². The normalized spacial score (nSPS) is 25.4. The van der Waals surface area contributed by atoms with Crippen LogP contribution in [0.4, 0.5) is 0 Å². The van der Waals surface area contributed by atoms with Crippen LogP contribution in [-0.2, 0) is 14.3 Å². The van der Waals surface area contributed by atoms with Crippen LogP contribution in [0.5, 0.6) is 0 Å². The van der Waals surface area contributed by atoms with Gasteiger partial charge in [0, 0.05) is 18.8 Å². The molecule has 3 N–H and O–H groups in total. The van der Waals surface area contributed by atoms with Gasteiger partial charge in [-0.05, 0) is 52.4 Å². The standard InChI is InChI=1S/C25H42O6/c1-5-6-9-12-18(26)15-16-20-19(13-10-7-8-11-14-23(28)29)21(27)17-22(20)31-24(30)25(2,3)4/h7,10,15-16,18-22,26-27H,5-6,8-9,11-14,17H2,1-4H3,(H,28,29)/b10-7-,16-15+/t18-,19+,20+,21-,22+/m0/s1. The van der Waals surface area contributed by atoms with Crippen molar-refractivity contribution in [1.29, 1.82) is 0 Å². The van der Waals surface area contributed by atoms with E-state index in [0.29, 0.717) is 32.1 Å². The molecule has 0 aromatic rings. The Morgan fingerprint density at radius 2 is 1.87 bits per heavy atom. The Kier molecular flexibility index (Phi) is 12.1. The number of unbranched alkanes of at least 4 members (excludes halogenated alkanes) is 3. The highest BCUT2D eigenvalue weighted by Crippen LogP contribution is 2.39. The summed E-state index contributed by atoms with van der Waals surface area (Å²) < 4.78 is 5.77. The molecule has 0 aliphatic heterocycles. The van der Waals surface area contributed by atoms with Gasteiger partial charge < -0.3 is 20.1 Å². The van der Waals surface area contributed by atoms with Crippen LogP contribution in [0, 0.1) is 17.3 Å². The van der Waals surface area contributed by atoms with E-state index in [-0.39, 0.29) is 24.2 Å². The van der Waals surface area contributed by atoms with E-state index in [1.807, 2.05) is 18.2 Å². The van der Waals surface area contributed by atoms with Crippen molar-refractivity contribution in [3.63, 3.8) is 0 Å². The van der Waals surface area contributed by atoms with Crippen molar-refractivity contribution < 1.29 is 29.6 Å². The minimum Gasteiger partial charge on any atom is -0.481 e. The lowest BCUT2D eigenvalue weighted by Crippen LogP contribution is -2.31. The summed E-state index contributed by atoms with van der Waals surface area (Å²) in [7, 11) is 0.